The van der Waals surface area contributed by atoms with Gasteiger partial charge in [0.2, 0.25) is 5.91 Å². The van der Waals surface area contributed by atoms with Crippen LogP contribution in [0.25, 0.3) is 0 Å². The molecular weight excluding hydrogens is 134 g/mol. The average molecular weight is 143 g/mol. The SMILES string of the molecule is [CH]C(=O)N1CCSCC1. The monoisotopic (exact) mass is 143 g/mol. The van der Waals surface area contributed by atoms with Gasteiger partial charge < -0.3 is 4.90 Å². The third kappa shape index (κ3) is 1.90. The van der Waals surface area contributed by atoms with E-state index in [-0.39, 0.29) is 5.91 Å². The molecule has 0 bridgehead atoms. The zero-order chi connectivity index (χ0) is 6.69. The molecule has 0 aromatic rings. The van der Waals surface area contributed by atoms with Crippen molar-refractivity contribution in [3.63, 3.8) is 0 Å². The van der Waals surface area contributed by atoms with Crippen molar-refractivity contribution in [1.82, 2.24) is 4.90 Å². The standard InChI is InChI=1S/C6H9NOS/c1-6(8)7-2-4-9-5-3-7/h1H,2-5H2. The van der Waals surface area contributed by atoms with Crippen LogP contribution in [0.3, 0.4) is 0 Å². The van der Waals surface area contributed by atoms with Crippen molar-refractivity contribution >= 4 is 17.7 Å². The number of hydrogen-bond donors (Lipinski definition) is 0. The van der Waals surface area contributed by atoms with Crippen molar-refractivity contribution < 1.29 is 4.79 Å². The Morgan fingerprint density at radius 1 is 1.44 bits per heavy atom. The number of nitrogens with zero attached hydrogens (tertiary/aromatic N) is 1. The number of thioether (sulfide) groups is 1. The molecule has 2 nitrogen and oxygen atoms in total. The van der Waals surface area contributed by atoms with Crippen LogP contribution >= 0.6 is 11.8 Å². The minimum atomic E-state index is -0.282. The normalized spacial score (nSPS) is 19.9. The van der Waals surface area contributed by atoms with Gasteiger partial charge in [-0.3, -0.25) is 4.79 Å². The van der Waals surface area contributed by atoms with Gasteiger partial charge in [-0.25, -0.2) is 0 Å². The quantitative estimate of drug-likeness (QED) is 0.485. The van der Waals surface area contributed by atoms with Crippen molar-refractivity contribution in [1.29, 1.82) is 0 Å². The molecule has 0 spiro atoms. The molecular formula is C6H9NOS. The highest BCUT2D eigenvalue weighted by Gasteiger charge is 2.11. The summed E-state index contributed by atoms with van der Waals surface area (Å²) in [5, 5.41) is 0. The molecule has 0 atom stereocenters. The van der Waals surface area contributed by atoms with Crippen LogP contribution in [0.2, 0.25) is 0 Å². The highest BCUT2D eigenvalue weighted by molar-refractivity contribution is 7.99. The molecule has 0 aliphatic carbocycles. The van der Waals surface area contributed by atoms with Crippen LogP contribution in [0.5, 0.6) is 0 Å². The fourth-order valence-corrected chi connectivity index (χ4v) is 1.69. The van der Waals surface area contributed by atoms with Crippen LogP contribution in [0.4, 0.5) is 0 Å². The fourth-order valence-electron chi connectivity index (χ4n) is 0.784. The van der Waals surface area contributed by atoms with Crippen LogP contribution in [0.1, 0.15) is 0 Å². The van der Waals surface area contributed by atoms with Gasteiger partial charge in [-0.1, -0.05) is 0 Å². The molecule has 0 aromatic carbocycles. The van der Waals surface area contributed by atoms with E-state index in [2.05, 4.69) is 0 Å². The maximum absolute atomic E-state index is 10.5. The first-order valence-corrected chi connectivity index (χ1v) is 4.08. The molecule has 2 radical (unpaired) electrons. The van der Waals surface area contributed by atoms with Gasteiger partial charge in [0.25, 0.3) is 0 Å². The van der Waals surface area contributed by atoms with Crippen LogP contribution < -0.4 is 0 Å². The van der Waals surface area contributed by atoms with Crippen LogP contribution in [-0.4, -0.2) is 35.4 Å². The van der Waals surface area contributed by atoms with E-state index in [9.17, 15) is 4.79 Å². The smallest absolute Gasteiger partial charge is 0.227 e. The van der Waals surface area contributed by atoms with Gasteiger partial charge in [0, 0.05) is 24.6 Å². The van der Waals surface area contributed by atoms with Gasteiger partial charge in [-0.05, 0) is 0 Å². The van der Waals surface area contributed by atoms with Gasteiger partial charge in [-0.15, -0.1) is 0 Å². The van der Waals surface area contributed by atoms with Gasteiger partial charge in [-0.2, -0.15) is 11.8 Å². The second-order valence-electron chi connectivity index (χ2n) is 1.94. The highest BCUT2D eigenvalue weighted by atomic mass is 32.2. The number of rotatable bonds is 0. The molecule has 0 unspecified atom stereocenters. The first-order chi connectivity index (χ1) is 4.30. The second-order valence-corrected chi connectivity index (χ2v) is 3.16. The largest absolute Gasteiger partial charge is 0.341 e. The summed E-state index contributed by atoms with van der Waals surface area (Å²) in [6.45, 7) is 6.68. The molecule has 9 heavy (non-hydrogen) atoms. The van der Waals surface area contributed by atoms with E-state index in [4.69, 9.17) is 6.92 Å². The summed E-state index contributed by atoms with van der Waals surface area (Å²) >= 11 is 1.87. The van der Waals surface area contributed by atoms with Crippen molar-refractivity contribution in [3.8, 4) is 0 Å². The topological polar surface area (TPSA) is 20.3 Å². The predicted molar refractivity (Wildman–Crippen MR) is 38.2 cm³/mol. The van der Waals surface area contributed by atoms with E-state index >= 15 is 0 Å². The summed E-state index contributed by atoms with van der Waals surface area (Å²) in [6, 6.07) is 0. The summed E-state index contributed by atoms with van der Waals surface area (Å²) in [7, 11) is 0. The zero-order valence-corrected chi connectivity index (χ0v) is 5.99. The molecule has 1 saturated heterocycles. The summed E-state index contributed by atoms with van der Waals surface area (Å²) in [5.41, 5.74) is 0. The molecule has 3 heteroatoms. The molecule has 1 heterocycles. The lowest BCUT2D eigenvalue weighted by Gasteiger charge is -2.24. The molecule has 1 fully saturated rings. The molecule has 0 N–H and O–H groups in total. The van der Waals surface area contributed by atoms with Crippen LogP contribution in [0.15, 0.2) is 0 Å². The Balaban J connectivity index is 2.31. The van der Waals surface area contributed by atoms with Crippen LogP contribution in [0, 0.1) is 6.92 Å². The van der Waals surface area contributed by atoms with E-state index in [1.54, 1.807) is 4.90 Å². The Morgan fingerprint density at radius 2 is 2.00 bits per heavy atom. The van der Waals surface area contributed by atoms with E-state index in [0.717, 1.165) is 24.6 Å². The van der Waals surface area contributed by atoms with E-state index in [1.165, 1.54) is 0 Å². The Labute approximate surface area is 59.6 Å². The number of amides is 1. The molecule has 0 saturated carbocycles. The van der Waals surface area contributed by atoms with E-state index in [0.29, 0.717) is 0 Å². The first kappa shape index (κ1) is 6.93. The Hall–Kier alpha value is -0.180. The van der Waals surface area contributed by atoms with E-state index in [1.807, 2.05) is 11.8 Å². The molecule has 1 rings (SSSR count). The number of carbonyl (C=O) groups excluding carboxylic acids is 1. The molecule has 1 aliphatic heterocycles. The first-order valence-electron chi connectivity index (χ1n) is 2.93. The summed E-state index contributed by atoms with van der Waals surface area (Å²) in [6.07, 6.45) is 0. The van der Waals surface area contributed by atoms with Gasteiger partial charge >= 0.3 is 0 Å². The third-order valence-electron chi connectivity index (χ3n) is 1.32. The van der Waals surface area contributed by atoms with Gasteiger partial charge in [0.15, 0.2) is 0 Å². The van der Waals surface area contributed by atoms with Crippen molar-refractivity contribution in [2.75, 3.05) is 24.6 Å². The Bertz CT molecular complexity index is 110. The minimum absolute atomic E-state index is 0.282. The lowest BCUT2D eigenvalue weighted by molar-refractivity contribution is -0.125. The number of hydrogen-bond acceptors (Lipinski definition) is 2. The Morgan fingerprint density at radius 3 is 2.33 bits per heavy atom. The molecule has 1 aliphatic rings. The average Bonchev–Trinajstić information content (AvgIpc) is 1.90. The minimum Gasteiger partial charge on any atom is -0.341 e. The molecule has 50 valence electrons. The lowest BCUT2D eigenvalue weighted by atomic mass is 10.5. The predicted octanol–water partition coefficient (Wildman–Crippen LogP) is 0.273. The summed E-state index contributed by atoms with van der Waals surface area (Å²) in [4.78, 5) is 12.2. The van der Waals surface area contributed by atoms with Gasteiger partial charge in [0.05, 0.1) is 6.92 Å². The maximum Gasteiger partial charge on any atom is 0.227 e. The molecule has 1 amide bonds. The lowest BCUT2D eigenvalue weighted by Crippen LogP contribution is -2.36. The molecule has 0 aromatic heterocycles. The number of carbonyl (C=O) groups is 1. The Kier molecular flexibility index (Phi) is 2.39. The van der Waals surface area contributed by atoms with Crippen LogP contribution in [-0.2, 0) is 4.79 Å². The summed E-state index contributed by atoms with van der Waals surface area (Å²) < 4.78 is 0. The fraction of sp³-hybridized carbons (Fsp3) is 0.667. The van der Waals surface area contributed by atoms with Crippen molar-refractivity contribution in [3.05, 3.63) is 6.92 Å². The third-order valence-corrected chi connectivity index (χ3v) is 2.27. The van der Waals surface area contributed by atoms with Crippen molar-refractivity contribution in [2.45, 2.75) is 0 Å². The highest BCUT2D eigenvalue weighted by Crippen LogP contribution is 2.08. The van der Waals surface area contributed by atoms with E-state index < -0.39 is 0 Å². The second kappa shape index (κ2) is 3.11. The zero-order valence-electron chi connectivity index (χ0n) is 5.17. The maximum atomic E-state index is 10.5. The summed E-state index contributed by atoms with van der Waals surface area (Å²) in [5.74, 6) is 1.78. The van der Waals surface area contributed by atoms with Gasteiger partial charge in [0.1, 0.15) is 0 Å². The van der Waals surface area contributed by atoms with Crippen molar-refractivity contribution in [2.24, 2.45) is 0 Å².